The van der Waals surface area contributed by atoms with E-state index in [0.29, 0.717) is 17.5 Å². The van der Waals surface area contributed by atoms with Gasteiger partial charge in [0.05, 0.1) is 0 Å². The largest absolute Gasteiger partial charge is 0.456 e. The molecule has 0 N–H and O–H groups in total. The molecule has 59 heavy (non-hydrogen) atoms. The van der Waals surface area contributed by atoms with Gasteiger partial charge >= 0.3 is 0 Å². The summed E-state index contributed by atoms with van der Waals surface area (Å²) in [6, 6.07) is 74.0. The third-order valence-corrected chi connectivity index (χ3v) is 11.2. The molecule has 0 aliphatic heterocycles. The van der Waals surface area contributed by atoms with Crippen LogP contribution in [0.2, 0.25) is 0 Å². The van der Waals surface area contributed by atoms with Crippen molar-refractivity contribution in [2.24, 2.45) is 0 Å². The van der Waals surface area contributed by atoms with E-state index in [4.69, 9.17) is 19.4 Å². The summed E-state index contributed by atoms with van der Waals surface area (Å²) in [5.74, 6) is 1.81. The van der Waals surface area contributed by atoms with Crippen molar-refractivity contribution in [1.82, 2.24) is 15.0 Å². The third-order valence-electron chi connectivity index (χ3n) is 11.2. The van der Waals surface area contributed by atoms with Crippen LogP contribution in [-0.2, 0) is 0 Å². The van der Waals surface area contributed by atoms with Gasteiger partial charge in [0, 0.05) is 27.5 Å². The van der Waals surface area contributed by atoms with Crippen molar-refractivity contribution in [1.29, 1.82) is 0 Å². The van der Waals surface area contributed by atoms with E-state index in [2.05, 4.69) is 164 Å². The van der Waals surface area contributed by atoms with E-state index in [1.807, 2.05) is 48.5 Å². The van der Waals surface area contributed by atoms with E-state index >= 15 is 0 Å². The number of hydrogen-bond donors (Lipinski definition) is 0. The Bertz CT molecular complexity index is 3300. The average Bonchev–Trinajstić information content (AvgIpc) is 3.70. The maximum atomic E-state index is 6.62. The first-order valence-corrected chi connectivity index (χ1v) is 19.8. The lowest BCUT2D eigenvalue weighted by atomic mass is 9.95. The second kappa shape index (κ2) is 14.5. The maximum Gasteiger partial charge on any atom is 0.164 e. The fourth-order valence-electron chi connectivity index (χ4n) is 8.27. The number of furan rings is 1. The van der Waals surface area contributed by atoms with Gasteiger partial charge < -0.3 is 4.42 Å². The SMILES string of the molecule is c1ccc(-c2ccc(-c3cccc(-c4cccc5oc6cc(-c7nc(-c8ccccc8)nc(-c8cccc9c(-c%10ccccc%10)cccc89)n7)ccc6c45)c3)cc2)cc1. The van der Waals surface area contributed by atoms with Crippen LogP contribution in [0, 0.1) is 0 Å². The van der Waals surface area contributed by atoms with Crippen LogP contribution in [0.1, 0.15) is 0 Å². The number of benzene rings is 9. The van der Waals surface area contributed by atoms with Gasteiger partial charge in [0.2, 0.25) is 0 Å². The lowest BCUT2D eigenvalue weighted by Gasteiger charge is -2.12. The molecule has 4 nitrogen and oxygen atoms in total. The molecule has 276 valence electrons. The molecular formula is C55H35N3O. The van der Waals surface area contributed by atoms with Gasteiger partial charge in [-0.3, -0.25) is 0 Å². The highest BCUT2D eigenvalue weighted by Crippen LogP contribution is 2.40. The molecule has 0 spiro atoms. The molecule has 4 heteroatoms. The fourth-order valence-corrected chi connectivity index (χ4v) is 8.27. The van der Waals surface area contributed by atoms with Gasteiger partial charge in [-0.05, 0) is 79.5 Å². The number of nitrogens with zero attached hydrogens (tertiary/aromatic N) is 3. The summed E-state index contributed by atoms with van der Waals surface area (Å²) >= 11 is 0. The Morgan fingerprint density at radius 3 is 1.47 bits per heavy atom. The minimum atomic E-state index is 0.582. The van der Waals surface area contributed by atoms with E-state index < -0.39 is 0 Å². The van der Waals surface area contributed by atoms with Crippen LogP contribution in [0.4, 0.5) is 0 Å². The number of hydrogen-bond acceptors (Lipinski definition) is 4. The lowest BCUT2D eigenvalue weighted by molar-refractivity contribution is 0.669. The molecule has 0 unspecified atom stereocenters. The van der Waals surface area contributed by atoms with Crippen LogP contribution in [0.5, 0.6) is 0 Å². The average molecular weight is 754 g/mol. The summed E-state index contributed by atoms with van der Waals surface area (Å²) in [7, 11) is 0. The topological polar surface area (TPSA) is 51.8 Å². The van der Waals surface area contributed by atoms with Crippen LogP contribution in [-0.4, -0.2) is 15.0 Å². The van der Waals surface area contributed by atoms with Crippen LogP contribution in [0.25, 0.3) is 111 Å². The monoisotopic (exact) mass is 753 g/mol. The highest BCUT2D eigenvalue weighted by Gasteiger charge is 2.18. The zero-order valence-corrected chi connectivity index (χ0v) is 32.0. The van der Waals surface area contributed by atoms with E-state index in [-0.39, 0.29) is 0 Å². The molecule has 0 bridgehead atoms. The Balaban J connectivity index is 1.01. The number of rotatable bonds is 7. The second-order valence-electron chi connectivity index (χ2n) is 14.8. The van der Waals surface area contributed by atoms with Crippen molar-refractivity contribution in [3.05, 3.63) is 212 Å². The normalized spacial score (nSPS) is 11.4. The molecule has 2 heterocycles. The molecule has 2 aromatic heterocycles. The Kier molecular flexibility index (Phi) is 8.45. The summed E-state index contributed by atoms with van der Waals surface area (Å²) in [5.41, 5.74) is 13.7. The quantitative estimate of drug-likeness (QED) is 0.163. The standard InChI is InChI=1S/C55H35N3O/c1-4-14-36(15-5-1)37-28-30-38(31-29-37)41-20-10-21-42(34-41)45-23-13-27-50-52(45)49-33-32-43(35-51(49)59-50)54-56-53(40-18-8-3-9-19-40)57-55(58-54)48-26-12-24-46-44(22-11-25-47(46)48)39-16-6-2-7-17-39/h1-35H. The first-order valence-electron chi connectivity index (χ1n) is 19.8. The smallest absolute Gasteiger partial charge is 0.164 e. The van der Waals surface area contributed by atoms with Gasteiger partial charge in [-0.25, -0.2) is 15.0 Å². The molecule has 0 saturated carbocycles. The molecule has 0 saturated heterocycles. The summed E-state index contributed by atoms with van der Waals surface area (Å²) in [6.45, 7) is 0. The molecule has 0 radical (unpaired) electrons. The maximum absolute atomic E-state index is 6.62. The molecule has 0 atom stereocenters. The molecule has 0 amide bonds. The van der Waals surface area contributed by atoms with Crippen LogP contribution in [0.15, 0.2) is 217 Å². The van der Waals surface area contributed by atoms with Crippen molar-refractivity contribution in [3.8, 4) is 78.7 Å². The third kappa shape index (κ3) is 6.34. The molecule has 11 aromatic rings. The van der Waals surface area contributed by atoms with Gasteiger partial charge in [0.25, 0.3) is 0 Å². The highest BCUT2D eigenvalue weighted by atomic mass is 16.3. The van der Waals surface area contributed by atoms with Crippen molar-refractivity contribution in [2.45, 2.75) is 0 Å². The van der Waals surface area contributed by atoms with Crippen molar-refractivity contribution in [3.63, 3.8) is 0 Å². The zero-order valence-electron chi connectivity index (χ0n) is 32.0. The first kappa shape index (κ1) is 34.3. The van der Waals surface area contributed by atoms with E-state index in [0.717, 1.165) is 66.1 Å². The molecule has 0 fully saturated rings. The second-order valence-corrected chi connectivity index (χ2v) is 14.8. The minimum Gasteiger partial charge on any atom is -0.456 e. The Morgan fingerprint density at radius 1 is 0.254 bits per heavy atom. The summed E-state index contributed by atoms with van der Waals surface area (Å²) in [5, 5.41) is 4.35. The Morgan fingerprint density at radius 2 is 0.746 bits per heavy atom. The number of aromatic nitrogens is 3. The molecule has 0 aliphatic rings. The van der Waals surface area contributed by atoms with Crippen LogP contribution in [0.3, 0.4) is 0 Å². The summed E-state index contributed by atoms with van der Waals surface area (Å²) in [4.78, 5) is 15.3. The van der Waals surface area contributed by atoms with Gasteiger partial charge in [0.1, 0.15) is 11.2 Å². The van der Waals surface area contributed by atoms with Gasteiger partial charge in [-0.2, -0.15) is 0 Å². The molecule has 0 aliphatic carbocycles. The van der Waals surface area contributed by atoms with Crippen molar-refractivity contribution in [2.75, 3.05) is 0 Å². The predicted molar refractivity (Wildman–Crippen MR) is 243 cm³/mol. The Labute approximate surface area is 341 Å². The van der Waals surface area contributed by atoms with Crippen molar-refractivity contribution >= 4 is 32.7 Å². The highest BCUT2D eigenvalue weighted by molar-refractivity contribution is 6.13. The van der Waals surface area contributed by atoms with Crippen LogP contribution < -0.4 is 0 Å². The summed E-state index contributed by atoms with van der Waals surface area (Å²) < 4.78 is 6.62. The van der Waals surface area contributed by atoms with Crippen molar-refractivity contribution < 1.29 is 4.42 Å². The predicted octanol–water partition coefficient (Wildman–Crippen LogP) is 14.6. The van der Waals surface area contributed by atoms with Gasteiger partial charge in [-0.15, -0.1) is 0 Å². The lowest BCUT2D eigenvalue weighted by Crippen LogP contribution is -2.00. The molecule has 11 rings (SSSR count). The number of fused-ring (bicyclic) bond motifs is 4. The van der Waals surface area contributed by atoms with E-state index in [1.54, 1.807) is 0 Å². The Hall–Kier alpha value is -7.95. The van der Waals surface area contributed by atoms with Crippen LogP contribution >= 0.6 is 0 Å². The summed E-state index contributed by atoms with van der Waals surface area (Å²) in [6.07, 6.45) is 0. The van der Waals surface area contributed by atoms with Gasteiger partial charge in [0.15, 0.2) is 17.5 Å². The van der Waals surface area contributed by atoms with Gasteiger partial charge in [-0.1, -0.05) is 188 Å². The fraction of sp³-hybridized carbons (Fsp3) is 0. The van der Waals surface area contributed by atoms with E-state index in [9.17, 15) is 0 Å². The van der Waals surface area contributed by atoms with E-state index in [1.165, 1.54) is 27.8 Å². The minimum absolute atomic E-state index is 0.582. The molecular weight excluding hydrogens is 719 g/mol. The molecule has 9 aromatic carbocycles. The first-order chi connectivity index (χ1) is 29.2. The zero-order chi connectivity index (χ0) is 39.1.